The third-order valence-electron chi connectivity index (χ3n) is 1.12. The van der Waals surface area contributed by atoms with Gasteiger partial charge in [0.2, 0.25) is 0 Å². The van der Waals surface area contributed by atoms with Gasteiger partial charge in [-0.3, -0.25) is 14.9 Å². The van der Waals surface area contributed by atoms with Crippen LogP contribution in [0.2, 0.25) is 0 Å². The predicted octanol–water partition coefficient (Wildman–Crippen LogP) is 1.22. The second-order valence-electron chi connectivity index (χ2n) is 1.78. The Labute approximate surface area is 74.0 Å². The zero-order chi connectivity index (χ0) is 8.27. The van der Waals surface area contributed by atoms with Gasteiger partial charge in [-0.25, -0.2) is 4.98 Å². The molecular formula is C6H5ClN2O3. The number of pyridine rings is 1. The number of carbonyl (C=O) groups is 1. The van der Waals surface area contributed by atoms with Gasteiger partial charge in [-0.05, 0) is 6.07 Å². The number of aldehydes is 1. The van der Waals surface area contributed by atoms with Crippen molar-refractivity contribution < 1.29 is 9.72 Å². The zero-order valence-electron chi connectivity index (χ0n) is 5.84. The lowest BCUT2D eigenvalue weighted by molar-refractivity contribution is -0.385. The normalized spacial score (nSPS) is 8.33. The maximum absolute atomic E-state index is 10.2. The first-order valence-corrected chi connectivity index (χ1v) is 2.80. The summed E-state index contributed by atoms with van der Waals surface area (Å²) in [6.45, 7) is 0. The molecule has 0 amide bonds. The van der Waals surface area contributed by atoms with E-state index in [4.69, 9.17) is 0 Å². The molecule has 5 nitrogen and oxygen atoms in total. The van der Waals surface area contributed by atoms with Crippen molar-refractivity contribution in [1.82, 2.24) is 4.98 Å². The summed E-state index contributed by atoms with van der Waals surface area (Å²) in [5, 5.41) is 10.2. The van der Waals surface area contributed by atoms with E-state index in [-0.39, 0.29) is 23.8 Å². The first-order chi connectivity index (χ1) is 5.25. The average Bonchev–Trinajstić information content (AvgIpc) is 2.04. The highest BCUT2D eigenvalue weighted by atomic mass is 35.5. The first-order valence-electron chi connectivity index (χ1n) is 2.80. The van der Waals surface area contributed by atoms with E-state index < -0.39 is 4.92 Å². The van der Waals surface area contributed by atoms with Crippen molar-refractivity contribution in [3.05, 3.63) is 34.1 Å². The fraction of sp³-hybridized carbons (Fsp3) is 0. The molecule has 0 aliphatic heterocycles. The molecule has 0 aliphatic carbocycles. The lowest BCUT2D eigenvalue weighted by Gasteiger charge is -1.90. The minimum atomic E-state index is -0.642. The molecule has 0 N–H and O–H groups in total. The molecule has 1 aromatic rings. The Hall–Kier alpha value is -1.49. The van der Waals surface area contributed by atoms with E-state index in [1.807, 2.05) is 0 Å². The van der Waals surface area contributed by atoms with Crippen molar-refractivity contribution in [3.63, 3.8) is 0 Å². The molecule has 0 radical (unpaired) electrons. The zero-order valence-corrected chi connectivity index (χ0v) is 6.65. The molecule has 6 heteroatoms. The van der Waals surface area contributed by atoms with E-state index in [0.717, 1.165) is 0 Å². The predicted molar refractivity (Wildman–Crippen MR) is 43.5 cm³/mol. The van der Waals surface area contributed by atoms with Crippen LogP contribution in [0.1, 0.15) is 10.5 Å². The Morgan fingerprint density at radius 3 is 2.67 bits per heavy atom. The molecule has 0 fully saturated rings. The first kappa shape index (κ1) is 10.5. The van der Waals surface area contributed by atoms with Crippen LogP contribution in [-0.2, 0) is 0 Å². The van der Waals surface area contributed by atoms with Crippen LogP contribution in [0.4, 0.5) is 5.69 Å². The van der Waals surface area contributed by atoms with Crippen LogP contribution in [0.25, 0.3) is 0 Å². The fourth-order valence-electron chi connectivity index (χ4n) is 0.654. The van der Waals surface area contributed by atoms with E-state index in [0.29, 0.717) is 6.29 Å². The number of nitrogens with zero attached hydrogens (tertiary/aromatic N) is 2. The third kappa shape index (κ3) is 2.00. The van der Waals surface area contributed by atoms with E-state index >= 15 is 0 Å². The van der Waals surface area contributed by atoms with Gasteiger partial charge in [0.15, 0.2) is 12.0 Å². The van der Waals surface area contributed by atoms with Crippen LogP contribution < -0.4 is 0 Å². The minimum Gasteiger partial charge on any atom is -0.296 e. The van der Waals surface area contributed by atoms with Gasteiger partial charge in [0, 0.05) is 12.3 Å². The van der Waals surface area contributed by atoms with Gasteiger partial charge in [-0.2, -0.15) is 0 Å². The van der Waals surface area contributed by atoms with Gasteiger partial charge in [0.1, 0.15) is 0 Å². The Balaban J connectivity index is 0.00000121. The molecule has 0 spiro atoms. The Bertz CT molecular complexity index is 303. The lowest BCUT2D eigenvalue weighted by Crippen LogP contribution is -1.95. The number of aromatic nitrogens is 1. The van der Waals surface area contributed by atoms with Crippen molar-refractivity contribution in [2.75, 3.05) is 0 Å². The monoisotopic (exact) mass is 188 g/mol. The summed E-state index contributed by atoms with van der Waals surface area (Å²) in [7, 11) is 0. The summed E-state index contributed by atoms with van der Waals surface area (Å²) < 4.78 is 0. The maximum atomic E-state index is 10.2. The van der Waals surface area contributed by atoms with Crippen molar-refractivity contribution in [2.45, 2.75) is 0 Å². The molecule has 0 atom stereocenters. The second kappa shape index (κ2) is 4.40. The number of nitro groups is 1. The molecular weight excluding hydrogens is 184 g/mol. The van der Waals surface area contributed by atoms with Crippen LogP contribution in [-0.4, -0.2) is 16.2 Å². The Morgan fingerprint density at radius 1 is 1.58 bits per heavy atom. The van der Waals surface area contributed by atoms with Crippen molar-refractivity contribution in [1.29, 1.82) is 0 Å². The largest absolute Gasteiger partial charge is 0.298 e. The summed E-state index contributed by atoms with van der Waals surface area (Å²) >= 11 is 0. The summed E-state index contributed by atoms with van der Waals surface area (Å²) in [5.74, 6) is 0. The Morgan fingerprint density at radius 2 is 2.25 bits per heavy atom. The number of halogens is 1. The second-order valence-corrected chi connectivity index (χ2v) is 1.78. The van der Waals surface area contributed by atoms with Crippen LogP contribution in [0.5, 0.6) is 0 Å². The van der Waals surface area contributed by atoms with Crippen molar-refractivity contribution in [2.24, 2.45) is 0 Å². The third-order valence-corrected chi connectivity index (χ3v) is 1.12. The fourth-order valence-corrected chi connectivity index (χ4v) is 0.654. The maximum Gasteiger partial charge on any atom is 0.298 e. The number of rotatable bonds is 2. The van der Waals surface area contributed by atoms with E-state index in [9.17, 15) is 14.9 Å². The van der Waals surface area contributed by atoms with Gasteiger partial charge in [-0.1, -0.05) is 0 Å². The number of hydrogen-bond acceptors (Lipinski definition) is 4. The van der Waals surface area contributed by atoms with Crippen LogP contribution in [0.3, 0.4) is 0 Å². The van der Waals surface area contributed by atoms with Crippen LogP contribution >= 0.6 is 12.4 Å². The number of carbonyl (C=O) groups excluding carboxylic acids is 1. The van der Waals surface area contributed by atoms with Gasteiger partial charge in [0.25, 0.3) is 5.69 Å². The number of hydrogen-bond donors (Lipinski definition) is 0. The molecule has 12 heavy (non-hydrogen) atoms. The van der Waals surface area contributed by atoms with Gasteiger partial charge in [0.05, 0.1) is 4.92 Å². The molecule has 64 valence electrons. The molecule has 1 rings (SSSR count). The molecule has 0 bridgehead atoms. The molecule has 0 aliphatic rings. The summed E-state index contributed by atoms with van der Waals surface area (Å²) in [6, 6.07) is 2.64. The lowest BCUT2D eigenvalue weighted by atomic mass is 10.3. The highest BCUT2D eigenvalue weighted by molar-refractivity contribution is 5.85. The smallest absolute Gasteiger partial charge is 0.296 e. The quantitative estimate of drug-likeness (QED) is 0.397. The van der Waals surface area contributed by atoms with E-state index in [1.165, 1.54) is 18.3 Å². The molecule has 0 aromatic carbocycles. The van der Waals surface area contributed by atoms with Crippen molar-refractivity contribution in [3.8, 4) is 0 Å². The highest BCUT2D eigenvalue weighted by Crippen LogP contribution is 2.11. The summed E-state index contributed by atoms with van der Waals surface area (Å²) in [6.07, 6.45) is 1.69. The van der Waals surface area contributed by atoms with Gasteiger partial charge >= 0.3 is 0 Å². The molecule has 1 heterocycles. The molecule has 0 saturated heterocycles. The standard InChI is InChI=1S/C6H4N2O3.ClH/c9-4-5-6(8(10)11)2-1-3-7-5;/h1-4H;1H. The topological polar surface area (TPSA) is 73.1 Å². The molecule has 0 saturated carbocycles. The van der Waals surface area contributed by atoms with E-state index in [2.05, 4.69) is 4.98 Å². The van der Waals surface area contributed by atoms with Gasteiger partial charge < -0.3 is 0 Å². The van der Waals surface area contributed by atoms with Gasteiger partial charge in [-0.15, -0.1) is 12.4 Å². The van der Waals surface area contributed by atoms with Crippen LogP contribution in [0.15, 0.2) is 18.3 Å². The Kier molecular flexibility index (Phi) is 3.85. The molecule has 1 aromatic heterocycles. The average molecular weight is 189 g/mol. The highest BCUT2D eigenvalue weighted by Gasteiger charge is 2.11. The van der Waals surface area contributed by atoms with Crippen molar-refractivity contribution >= 4 is 24.4 Å². The van der Waals surface area contributed by atoms with Crippen LogP contribution in [0, 0.1) is 10.1 Å². The van der Waals surface area contributed by atoms with E-state index in [1.54, 1.807) is 0 Å². The summed E-state index contributed by atoms with van der Waals surface area (Å²) in [4.78, 5) is 23.2. The molecule has 0 unspecified atom stereocenters. The SMILES string of the molecule is Cl.O=Cc1ncccc1[N+](=O)[O-]. The summed E-state index contributed by atoms with van der Waals surface area (Å²) in [5.41, 5.74) is -0.403. The minimum absolute atomic E-state index is 0.